The molecule has 2 N–H and O–H groups in total. The number of benzene rings is 1. The van der Waals surface area contributed by atoms with Crippen molar-refractivity contribution in [2.45, 2.75) is 19.4 Å². The Morgan fingerprint density at radius 1 is 1.38 bits per heavy atom. The third-order valence-electron chi connectivity index (χ3n) is 3.83. The summed E-state index contributed by atoms with van der Waals surface area (Å²) in [5, 5.41) is 6.54. The summed E-state index contributed by atoms with van der Waals surface area (Å²) in [5.74, 6) is 0.904. The summed E-state index contributed by atoms with van der Waals surface area (Å²) in [4.78, 5) is 12.2. The number of esters is 1. The molecular formula is C16H17BrN2O4S. The molecule has 0 amide bonds. The fourth-order valence-electron chi connectivity index (χ4n) is 2.74. The molecule has 0 fully saturated rings. The predicted octanol–water partition coefficient (Wildman–Crippen LogP) is 2.58. The first-order valence-corrected chi connectivity index (χ1v) is 8.67. The van der Waals surface area contributed by atoms with Gasteiger partial charge in [0.2, 0.25) is 0 Å². The van der Waals surface area contributed by atoms with Crippen LogP contribution in [0, 0.1) is 0 Å². The maximum absolute atomic E-state index is 12.2. The summed E-state index contributed by atoms with van der Waals surface area (Å²) in [6.07, 6.45) is 0.818. The third kappa shape index (κ3) is 3.21. The number of hydrogen-bond acceptors (Lipinski definition) is 5. The molecule has 2 aliphatic rings. The summed E-state index contributed by atoms with van der Waals surface area (Å²) in [6.45, 7) is 2.98. The molecule has 8 heteroatoms. The number of allylic oxidation sites excluding steroid dienone is 1. The molecule has 1 aromatic carbocycles. The van der Waals surface area contributed by atoms with Crippen LogP contribution in [-0.2, 0) is 9.53 Å². The van der Waals surface area contributed by atoms with Crippen LogP contribution < -0.4 is 20.1 Å². The van der Waals surface area contributed by atoms with Crippen molar-refractivity contribution in [2.75, 3.05) is 20.3 Å². The van der Waals surface area contributed by atoms with E-state index in [-0.39, 0.29) is 0 Å². The number of carbonyl (C=O) groups is 1. The maximum atomic E-state index is 12.2. The zero-order valence-corrected chi connectivity index (χ0v) is 15.7. The Bertz CT molecular complexity index is 735. The number of fused-ring (bicyclic) bond motifs is 1. The Kier molecular flexibility index (Phi) is 4.96. The molecule has 24 heavy (non-hydrogen) atoms. The summed E-state index contributed by atoms with van der Waals surface area (Å²) < 4.78 is 17.2. The van der Waals surface area contributed by atoms with Crippen molar-refractivity contribution in [1.82, 2.24) is 10.6 Å². The van der Waals surface area contributed by atoms with Gasteiger partial charge in [0.25, 0.3) is 0 Å². The normalized spacial score (nSPS) is 20.0. The van der Waals surface area contributed by atoms with Crippen LogP contribution >= 0.6 is 28.1 Å². The van der Waals surface area contributed by atoms with Gasteiger partial charge in [-0.2, -0.15) is 0 Å². The van der Waals surface area contributed by atoms with Crippen molar-refractivity contribution >= 4 is 39.2 Å². The first-order chi connectivity index (χ1) is 11.5. The van der Waals surface area contributed by atoms with Crippen molar-refractivity contribution in [2.24, 2.45) is 0 Å². The van der Waals surface area contributed by atoms with E-state index in [4.69, 9.17) is 26.4 Å². The highest BCUT2D eigenvalue weighted by atomic mass is 79.9. The minimum Gasteiger partial charge on any atom is -0.490 e. The van der Waals surface area contributed by atoms with Crippen molar-refractivity contribution in [3.05, 3.63) is 33.4 Å². The number of methoxy groups -OCH3 is 1. The number of nitrogens with one attached hydrogen (secondary N) is 2. The van der Waals surface area contributed by atoms with Gasteiger partial charge in [0.15, 0.2) is 16.6 Å². The van der Waals surface area contributed by atoms with Crippen molar-refractivity contribution in [3.63, 3.8) is 0 Å². The van der Waals surface area contributed by atoms with Crippen LogP contribution in [0.1, 0.15) is 24.9 Å². The van der Waals surface area contributed by atoms with E-state index in [0.29, 0.717) is 41.1 Å². The smallest absolute Gasteiger partial charge is 0.337 e. The average Bonchev–Trinajstić information content (AvgIpc) is 2.79. The molecule has 2 heterocycles. The lowest BCUT2D eigenvalue weighted by Gasteiger charge is -2.30. The Hall–Kier alpha value is -1.80. The van der Waals surface area contributed by atoms with Crippen LogP contribution in [0.3, 0.4) is 0 Å². The number of carbonyl (C=O) groups excluding carboxylic acids is 1. The van der Waals surface area contributed by atoms with E-state index >= 15 is 0 Å². The summed E-state index contributed by atoms with van der Waals surface area (Å²) in [5.41, 5.74) is 1.97. The number of hydrogen-bond donors (Lipinski definition) is 2. The van der Waals surface area contributed by atoms with Gasteiger partial charge in [-0.15, -0.1) is 0 Å². The standard InChI is InChI=1S/C16H17BrN2O4S/c1-8-12(15(20)21-2)13(19-16(24)18-8)9-6-10(17)14-11(7-9)22-4-3-5-23-14/h6-7,13H,3-5H2,1-2H3,(H2,18,19,24). The molecule has 0 saturated heterocycles. The van der Waals surface area contributed by atoms with Crippen LogP contribution in [0.4, 0.5) is 0 Å². The second-order valence-electron chi connectivity index (χ2n) is 5.44. The monoisotopic (exact) mass is 412 g/mol. The Labute approximate surface area is 153 Å². The summed E-state index contributed by atoms with van der Waals surface area (Å²) in [6, 6.07) is 3.34. The van der Waals surface area contributed by atoms with Crippen molar-refractivity contribution in [1.29, 1.82) is 0 Å². The van der Waals surface area contributed by atoms with Gasteiger partial charge in [-0.1, -0.05) is 0 Å². The average molecular weight is 413 g/mol. The lowest BCUT2D eigenvalue weighted by molar-refractivity contribution is -0.136. The van der Waals surface area contributed by atoms with E-state index in [1.165, 1.54) is 7.11 Å². The van der Waals surface area contributed by atoms with Crippen molar-refractivity contribution in [3.8, 4) is 11.5 Å². The van der Waals surface area contributed by atoms with Gasteiger partial charge in [0.05, 0.1) is 36.4 Å². The van der Waals surface area contributed by atoms with E-state index in [1.54, 1.807) is 6.92 Å². The first kappa shape index (κ1) is 17.0. The second kappa shape index (κ2) is 6.98. The first-order valence-electron chi connectivity index (χ1n) is 7.47. The molecule has 0 saturated carbocycles. The van der Waals surface area contributed by atoms with Gasteiger partial charge in [-0.25, -0.2) is 4.79 Å². The largest absolute Gasteiger partial charge is 0.490 e. The second-order valence-corrected chi connectivity index (χ2v) is 6.70. The maximum Gasteiger partial charge on any atom is 0.337 e. The predicted molar refractivity (Wildman–Crippen MR) is 96.1 cm³/mol. The zero-order chi connectivity index (χ0) is 17.3. The molecule has 128 valence electrons. The molecule has 1 atom stereocenters. The molecule has 0 radical (unpaired) electrons. The Morgan fingerprint density at radius 2 is 2.12 bits per heavy atom. The molecule has 6 nitrogen and oxygen atoms in total. The van der Waals surface area contributed by atoms with Gasteiger partial charge in [-0.3, -0.25) is 0 Å². The van der Waals surface area contributed by atoms with E-state index in [1.807, 2.05) is 12.1 Å². The van der Waals surface area contributed by atoms with Crippen LogP contribution in [0.25, 0.3) is 0 Å². The van der Waals surface area contributed by atoms with Gasteiger partial charge < -0.3 is 24.8 Å². The Balaban J connectivity index is 2.07. The van der Waals surface area contributed by atoms with Crippen LogP contribution in [0.2, 0.25) is 0 Å². The minimum absolute atomic E-state index is 0.414. The highest BCUT2D eigenvalue weighted by Crippen LogP contribution is 2.41. The van der Waals surface area contributed by atoms with E-state index in [0.717, 1.165) is 16.5 Å². The number of halogens is 1. The molecule has 1 unspecified atom stereocenters. The Morgan fingerprint density at radius 3 is 2.88 bits per heavy atom. The fraction of sp³-hybridized carbons (Fsp3) is 0.375. The molecule has 2 aliphatic heterocycles. The fourth-order valence-corrected chi connectivity index (χ4v) is 3.59. The van der Waals surface area contributed by atoms with Crippen molar-refractivity contribution < 1.29 is 19.0 Å². The molecule has 1 aromatic rings. The third-order valence-corrected chi connectivity index (χ3v) is 4.64. The van der Waals surface area contributed by atoms with Gasteiger partial charge in [0, 0.05) is 12.1 Å². The number of thiocarbonyl (C=S) groups is 1. The summed E-state index contributed by atoms with van der Waals surface area (Å²) in [7, 11) is 1.36. The molecule has 0 spiro atoms. The topological polar surface area (TPSA) is 68.8 Å². The molecule has 0 aliphatic carbocycles. The molecule has 0 bridgehead atoms. The SMILES string of the molecule is COC(=O)C1=C(C)NC(=S)NC1c1cc(Br)c2c(c1)OCCCO2. The highest BCUT2D eigenvalue weighted by Gasteiger charge is 2.32. The van der Waals surface area contributed by atoms with Crippen LogP contribution in [0.15, 0.2) is 27.9 Å². The van der Waals surface area contributed by atoms with Gasteiger partial charge in [0.1, 0.15) is 0 Å². The zero-order valence-electron chi connectivity index (χ0n) is 13.3. The van der Waals surface area contributed by atoms with Gasteiger partial charge >= 0.3 is 5.97 Å². The molecule has 0 aromatic heterocycles. The lowest BCUT2D eigenvalue weighted by atomic mass is 9.95. The van der Waals surface area contributed by atoms with E-state index < -0.39 is 12.0 Å². The van der Waals surface area contributed by atoms with Crippen LogP contribution in [-0.4, -0.2) is 31.4 Å². The highest BCUT2D eigenvalue weighted by molar-refractivity contribution is 9.10. The quantitative estimate of drug-likeness (QED) is 0.571. The molecule has 3 rings (SSSR count). The lowest BCUT2D eigenvalue weighted by Crippen LogP contribution is -2.45. The summed E-state index contributed by atoms with van der Waals surface area (Å²) >= 11 is 8.76. The number of rotatable bonds is 2. The minimum atomic E-state index is -0.431. The van der Waals surface area contributed by atoms with E-state index in [2.05, 4.69) is 26.6 Å². The van der Waals surface area contributed by atoms with Gasteiger partial charge in [-0.05, 0) is 52.8 Å². The number of ether oxygens (including phenoxy) is 3. The van der Waals surface area contributed by atoms with Crippen LogP contribution in [0.5, 0.6) is 11.5 Å². The molecular weight excluding hydrogens is 396 g/mol. The van der Waals surface area contributed by atoms with E-state index in [9.17, 15) is 4.79 Å².